The van der Waals surface area contributed by atoms with Gasteiger partial charge in [0, 0.05) is 27.6 Å². The SMILES string of the molecule is CC(C)=C1C2C=CC1C(C(=O)NNC(=O)CSCc1c(Cl)cccc1Cl)C2C(=O)O. The minimum absolute atomic E-state index is 0.0834. The Morgan fingerprint density at radius 2 is 1.63 bits per heavy atom. The Balaban J connectivity index is 1.55. The minimum atomic E-state index is -1.01. The summed E-state index contributed by atoms with van der Waals surface area (Å²) >= 11 is 13.5. The van der Waals surface area contributed by atoms with Gasteiger partial charge in [0.1, 0.15) is 0 Å². The molecule has 4 unspecified atom stereocenters. The zero-order valence-corrected chi connectivity index (χ0v) is 18.8. The molecule has 3 N–H and O–H groups in total. The van der Waals surface area contributed by atoms with Gasteiger partial charge in [0.25, 0.3) is 0 Å². The molecule has 1 aromatic carbocycles. The van der Waals surface area contributed by atoms with Crippen LogP contribution in [0.2, 0.25) is 10.0 Å². The number of hydrogen-bond acceptors (Lipinski definition) is 4. The van der Waals surface area contributed by atoms with Crippen molar-refractivity contribution in [3.8, 4) is 0 Å². The molecule has 160 valence electrons. The molecule has 0 heterocycles. The second-order valence-electron chi connectivity index (χ2n) is 7.51. The standard InChI is InChI=1S/C21H22Cl2N2O4S/c1-10(2)17-11-6-7-12(17)19(21(28)29)18(11)20(27)25-24-16(26)9-30-8-13-14(22)4-3-5-15(13)23/h3-7,11-12,18-19H,8-9H2,1-2H3,(H,24,26)(H,25,27)(H,28,29). The van der Waals surface area contributed by atoms with E-state index in [9.17, 15) is 19.5 Å². The van der Waals surface area contributed by atoms with Crippen LogP contribution in [0.1, 0.15) is 19.4 Å². The zero-order chi connectivity index (χ0) is 22.0. The molecule has 3 rings (SSSR count). The van der Waals surface area contributed by atoms with Crippen molar-refractivity contribution in [1.29, 1.82) is 0 Å². The van der Waals surface area contributed by atoms with E-state index in [1.54, 1.807) is 18.2 Å². The second kappa shape index (κ2) is 9.45. The van der Waals surface area contributed by atoms with Gasteiger partial charge >= 0.3 is 5.97 Å². The van der Waals surface area contributed by atoms with Gasteiger partial charge in [-0.3, -0.25) is 25.2 Å². The van der Waals surface area contributed by atoms with Crippen molar-refractivity contribution in [3.63, 3.8) is 0 Å². The average molecular weight is 469 g/mol. The topological polar surface area (TPSA) is 95.5 Å². The molecule has 2 aliphatic rings. The average Bonchev–Trinajstić information content (AvgIpc) is 3.25. The van der Waals surface area contributed by atoms with Gasteiger partial charge in [-0.1, -0.05) is 52.6 Å². The monoisotopic (exact) mass is 468 g/mol. The van der Waals surface area contributed by atoms with Crippen molar-refractivity contribution < 1.29 is 19.5 Å². The Morgan fingerprint density at radius 1 is 1.03 bits per heavy atom. The molecule has 1 fully saturated rings. The largest absolute Gasteiger partial charge is 0.481 e. The summed E-state index contributed by atoms with van der Waals surface area (Å²) in [4.78, 5) is 36.6. The highest BCUT2D eigenvalue weighted by atomic mass is 35.5. The molecule has 2 bridgehead atoms. The number of allylic oxidation sites excluding steroid dienone is 4. The number of carboxylic acids is 1. The summed E-state index contributed by atoms with van der Waals surface area (Å²) in [6.07, 6.45) is 3.76. The van der Waals surface area contributed by atoms with E-state index in [0.29, 0.717) is 15.8 Å². The molecule has 1 saturated carbocycles. The third-order valence-corrected chi connectivity index (χ3v) is 7.10. The van der Waals surface area contributed by atoms with Gasteiger partial charge in [-0.15, -0.1) is 11.8 Å². The van der Waals surface area contributed by atoms with E-state index in [-0.39, 0.29) is 17.6 Å². The van der Waals surface area contributed by atoms with Gasteiger partial charge in [-0.25, -0.2) is 0 Å². The molecule has 4 atom stereocenters. The first-order valence-electron chi connectivity index (χ1n) is 9.40. The van der Waals surface area contributed by atoms with Gasteiger partial charge in [-0.05, 0) is 31.5 Å². The number of nitrogens with one attached hydrogen (secondary N) is 2. The van der Waals surface area contributed by atoms with E-state index in [0.717, 1.165) is 16.7 Å². The molecule has 0 aliphatic heterocycles. The molecular weight excluding hydrogens is 447 g/mol. The van der Waals surface area contributed by atoms with E-state index in [1.807, 2.05) is 26.0 Å². The molecule has 0 radical (unpaired) electrons. The molecule has 30 heavy (non-hydrogen) atoms. The first kappa shape index (κ1) is 22.7. The third kappa shape index (κ3) is 4.53. The molecule has 0 aromatic heterocycles. The lowest BCUT2D eigenvalue weighted by molar-refractivity contribution is -0.148. The lowest BCUT2D eigenvalue weighted by atomic mass is 9.82. The Kier molecular flexibility index (Phi) is 7.16. The highest BCUT2D eigenvalue weighted by molar-refractivity contribution is 7.99. The Labute approximate surface area is 189 Å². The van der Waals surface area contributed by atoms with Crippen LogP contribution >= 0.6 is 35.0 Å². The van der Waals surface area contributed by atoms with Crippen molar-refractivity contribution >= 4 is 52.7 Å². The van der Waals surface area contributed by atoms with Crippen LogP contribution in [0.5, 0.6) is 0 Å². The van der Waals surface area contributed by atoms with E-state index in [2.05, 4.69) is 10.9 Å². The van der Waals surface area contributed by atoms with Crippen molar-refractivity contribution in [2.45, 2.75) is 19.6 Å². The number of carboxylic acid groups (broad SMARTS) is 1. The van der Waals surface area contributed by atoms with Gasteiger partial charge in [0.05, 0.1) is 17.6 Å². The number of amides is 2. The van der Waals surface area contributed by atoms with Crippen LogP contribution in [-0.2, 0) is 20.1 Å². The van der Waals surface area contributed by atoms with Crippen LogP contribution in [-0.4, -0.2) is 28.6 Å². The first-order chi connectivity index (χ1) is 14.2. The smallest absolute Gasteiger partial charge is 0.308 e. The normalized spacial score (nSPS) is 24.1. The highest BCUT2D eigenvalue weighted by Crippen LogP contribution is 2.53. The van der Waals surface area contributed by atoms with Crippen molar-refractivity contribution in [1.82, 2.24) is 10.9 Å². The number of halogens is 2. The summed E-state index contributed by atoms with van der Waals surface area (Å²) < 4.78 is 0. The first-order valence-corrected chi connectivity index (χ1v) is 11.3. The third-order valence-electron chi connectivity index (χ3n) is 5.44. The van der Waals surface area contributed by atoms with E-state index >= 15 is 0 Å². The minimum Gasteiger partial charge on any atom is -0.481 e. The van der Waals surface area contributed by atoms with Crippen LogP contribution < -0.4 is 10.9 Å². The molecule has 2 aliphatic carbocycles. The lowest BCUT2D eigenvalue weighted by Gasteiger charge is -2.23. The summed E-state index contributed by atoms with van der Waals surface area (Å²) in [5.74, 6) is -3.49. The molecule has 0 spiro atoms. The van der Waals surface area contributed by atoms with E-state index < -0.39 is 29.6 Å². The van der Waals surface area contributed by atoms with E-state index in [1.165, 1.54) is 11.8 Å². The highest BCUT2D eigenvalue weighted by Gasteiger charge is 2.55. The quantitative estimate of drug-likeness (QED) is 0.435. The Bertz CT molecular complexity index is 923. The number of thioether (sulfide) groups is 1. The predicted molar refractivity (Wildman–Crippen MR) is 118 cm³/mol. The summed E-state index contributed by atoms with van der Waals surface area (Å²) in [5, 5.41) is 10.7. The van der Waals surface area contributed by atoms with Crippen LogP contribution in [0.3, 0.4) is 0 Å². The number of hydrazine groups is 1. The van der Waals surface area contributed by atoms with Crippen LogP contribution in [0.4, 0.5) is 0 Å². The van der Waals surface area contributed by atoms with Crippen molar-refractivity contribution in [2.24, 2.45) is 23.7 Å². The number of carbonyl (C=O) groups is 3. The van der Waals surface area contributed by atoms with Crippen LogP contribution in [0, 0.1) is 23.7 Å². The molecule has 9 heteroatoms. The zero-order valence-electron chi connectivity index (χ0n) is 16.4. The fraction of sp³-hybridized carbons (Fsp3) is 0.381. The van der Waals surface area contributed by atoms with E-state index in [4.69, 9.17) is 23.2 Å². The Morgan fingerprint density at radius 3 is 2.20 bits per heavy atom. The van der Waals surface area contributed by atoms with Crippen molar-refractivity contribution in [3.05, 3.63) is 57.1 Å². The number of aliphatic carboxylic acids is 1. The number of rotatable bonds is 6. The van der Waals surface area contributed by atoms with Gasteiger partial charge in [0.15, 0.2) is 0 Å². The van der Waals surface area contributed by atoms with Crippen LogP contribution in [0.25, 0.3) is 0 Å². The number of fused-ring (bicyclic) bond motifs is 2. The van der Waals surface area contributed by atoms with Gasteiger partial charge in [-0.2, -0.15) is 0 Å². The maximum absolute atomic E-state index is 12.7. The second-order valence-corrected chi connectivity index (χ2v) is 9.31. The summed E-state index contributed by atoms with van der Waals surface area (Å²) in [6, 6.07) is 5.21. The Hall–Kier alpha value is -1.96. The fourth-order valence-electron chi connectivity index (χ4n) is 4.21. The fourth-order valence-corrected chi connectivity index (χ4v) is 5.77. The molecule has 2 amide bonds. The molecule has 1 aromatic rings. The summed E-state index contributed by atoms with van der Waals surface area (Å²) in [5.41, 5.74) is 7.54. The summed E-state index contributed by atoms with van der Waals surface area (Å²) in [6.45, 7) is 3.84. The molecule has 0 saturated heterocycles. The van der Waals surface area contributed by atoms with Gasteiger partial charge in [0.2, 0.25) is 11.8 Å². The lowest BCUT2D eigenvalue weighted by Crippen LogP contribution is -2.48. The predicted octanol–water partition coefficient (Wildman–Crippen LogP) is 3.84. The van der Waals surface area contributed by atoms with Gasteiger partial charge < -0.3 is 5.11 Å². The number of hydrogen-bond donors (Lipinski definition) is 3. The maximum Gasteiger partial charge on any atom is 0.308 e. The molecule has 6 nitrogen and oxygen atoms in total. The van der Waals surface area contributed by atoms with Crippen LogP contribution in [0.15, 0.2) is 41.5 Å². The summed E-state index contributed by atoms with van der Waals surface area (Å²) in [7, 11) is 0. The maximum atomic E-state index is 12.7. The number of benzene rings is 1. The molecular formula is C21H22Cl2N2O4S. The number of carbonyl (C=O) groups excluding carboxylic acids is 2. The van der Waals surface area contributed by atoms with Crippen molar-refractivity contribution in [2.75, 3.05) is 5.75 Å².